The summed E-state index contributed by atoms with van der Waals surface area (Å²) in [6, 6.07) is 11.2. The van der Waals surface area contributed by atoms with Crippen LogP contribution in [-0.2, 0) is 14.8 Å². The van der Waals surface area contributed by atoms with Crippen molar-refractivity contribution in [1.82, 2.24) is 4.90 Å². The van der Waals surface area contributed by atoms with Gasteiger partial charge in [-0.05, 0) is 69.0 Å². The van der Waals surface area contributed by atoms with Gasteiger partial charge in [0.2, 0.25) is 15.9 Å². The van der Waals surface area contributed by atoms with E-state index in [-0.39, 0.29) is 5.91 Å². The number of carbonyl (C=O) groups excluding carboxylic acids is 2. The second-order valence-corrected chi connectivity index (χ2v) is 9.97. The van der Waals surface area contributed by atoms with E-state index in [0.717, 1.165) is 34.5 Å². The van der Waals surface area contributed by atoms with Gasteiger partial charge in [0.25, 0.3) is 5.91 Å². The summed E-state index contributed by atoms with van der Waals surface area (Å²) in [5, 5.41) is 2.77. The first-order valence-electron chi connectivity index (χ1n) is 10.3. The highest BCUT2D eigenvalue weighted by molar-refractivity contribution is 7.92. The molecule has 8 heteroatoms. The molecule has 1 aliphatic heterocycles. The van der Waals surface area contributed by atoms with Crippen molar-refractivity contribution in [1.29, 1.82) is 0 Å². The Balaban J connectivity index is 1.89. The summed E-state index contributed by atoms with van der Waals surface area (Å²) in [6.07, 6.45) is 3.02. The lowest BCUT2D eigenvalue weighted by Crippen LogP contribution is -2.45. The highest BCUT2D eigenvalue weighted by Crippen LogP contribution is 2.25. The fourth-order valence-electron chi connectivity index (χ4n) is 3.99. The molecule has 2 amide bonds. The molecule has 1 aliphatic rings. The maximum atomic E-state index is 13.1. The van der Waals surface area contributed by atoms with E-state index >= 15 is 0 Å². The molecule has 0 aliphatic carbocycles. The Morgan fingerprint density at radius 3 is 2.19 bits per heavy atom. The number of para-hydroxylation sites is 1. The molecule has 0 saturated carbocycles. The van der Waals surface area contributed by atoms with Crippen LogP contribution in [0.5, 0.6) is 0 Å². The van der Waals surface area contributed by atoms with Gasteiger partial charge in [0.15, 0.2) is 0 Å². The van der Waals surface area contributed by atoms with Gasteiger partial charge < -0.3 is 10.2 Å². The third kappa shape index (κ3) is 5.25. The largest absolute Gasteiger partial charge is 0.339 e. The molecule has 7 nitrogen and oxygen atoms in total. The van der Waals surface area contributed by atoms with E-state index in [4.69, 9.17) is 0 Å². The standard InChI is InChI=1S/C23H29N3O4S/c1-16-13-17(2)15-19(14-16)26(31(4,29)30)18(3)22(27)24-21-10-6-5-9-20(21)23(28)25-11-7-8-12-25/h5-6,9-10,13-15,18H,7-8,11-12H2,1-4H3,(H,24,27)/t18-/m0/s1. The van der Waals surface area contributed by atoms with Crippen LogP contribution in [0.25, 0.3) is 0 Å². The molecule has 0 bridgehead atoms. The van der Waals surface area contributed by atoms with Crippen LogP contribution in [-0.4, -0.2) is 50.5 Å². The van der Waals surface area contributed by atoms with Crippen LogP contribution in [0.15, 0.2) is 42.5 Å². The van der Waals surface area contributed by atoms with Crippen molar-refractivity contribution in [3.8, 4) is 0 Å². The van der Waals surface area contributed by atoms with Gasteiger partial charge in [0.1, 0.15) is 6.04 Å². The maximum Gasteiger partial charge on any atom is 0.255 e. The number of benzene rings is 2. The van der Waals surface area contributed by atoms with Gasteiger partial charge in [-0.2, -0.15) is 0 Å². The van der Waals surface area contributed by atoms with Crippen LogP contribution < -0.4 is 9.62 Å². The average molecular weight is 444 g/mol. The summed E-state index contributed by atoms with van der Waals surface area (Å²) >= 11 is 0. The van der Waals surface area contributed by atoms with Crippen LogP contribution in [0, 0.1) is 13.8 Å². The Hall–Kier alpha value is -2.87. The number of carbonyl (C=O) groups is 2. The van der Waals surface area contributed by atoms with E-state index in [1.807, 2.05) is 19.9 Å². The molecule has 1 fully saturated rings. The van der Waals surface area contributed by atoms with Crippen LogP contribution in [0.4, 0.5) is 11.4 Å². The van der Waals surface area contributed by atoms with Crippen molar-refractivity contribution < 1.29 is 18.0 Å². The number of aryl methyl sites for hydroxylation is 2. The van der Waals surface area contributed by atoms with Gasteiger partial charge >= 0.3 is 0 Å². The van der Waals surface area contributed by atoms with Crippen molar-refractivity contribution in [3.05, 3.63) is 59.2 Å². The Morgan fingerprint density at radius 2 is 1.61 bits per heavy atom. The first-order chi connectivity index (χ1) is 14.6. The Morgan fingerprint density at radius 1 is 1.03 bits per heavy atom. The predicted molar refractivity (Wildman–Crippen MR) is 123 cm³/mol. The first-order valence-corrected chi connectivity index (χ1v) is 12.2. The van der Waals surface area contributed by atoms with Crippen molar-refractivity contribution in [2.45, 2.75) is 39.7 Å². The minimum absolute atomic E-state index is 0.129. The second kappa shape index (κ2) is 9.09. The molecule has 1 saturated heterocycles. The molecule has 2 aromatic carbocycles. The zero-order valence-corrected chi connectivity index (χ0v) is 19.2. The first kappa shape index (κ1) is 22.8. The Labute approximate surface area is 184 Å². The molecule has 1 atom stereocenters. The summed E-state index contributed by atoms with van der Waals surface area (Å²) < 4.78 is 26.3. The number of amides is 2. The van der Waals surface area contributed by atoms with Crippen molar-refractivity contribution in [3.63, 3.8) is 0 Å². The van der Waals surface area contributed by atoms with E-state index in [0.29, 0.717) is 30.0 Å². The number of nitrogens with one attached hydrogen (secondary N) is 1. The van der Waals surface area contributed by atoms with E-state index in [1.54, 1.807) is 48.2 Å². The molecule has 31 heavy (non-hydrogen) atoms. The number of hydrogen-bond acceptors (Lipinski definition) is 4. The van der Waals surface area contributed by atoms with Gasteiger partial charge in [-0.1, -0.05) is 18.2 Å². The lowest BCUT2D eigenvalue weighted by atomic mass is 10.1. The molecule has 0 unspecified atom stereocenters. The highest BCUT2D eigenvalue weighted by Gasteiger charge is 2.30. The smallest absolute Gasteiger partial charge is 0.255 e. The number of nitrogens with zero attached hydrogens (tertiary/aromatic N) is 2. The molecule has 1 N–H and O–H groups in total. The lowest BCUT2D eigenvalue weighted by Gasteiger charge is -2.29. The van der Waals surface area contributed by atoms with Gasteiger partial charge in [0, 0.05) is 13.1 Å². The zero-order valence-electron chi connectivity index (χ0n) is 18.4. The van der Waals surface area contributed by atoms with Gasteiger partial charge in [-0.25, -0.2) is 8.42 Å². The maximum absolute atomic E-state index is 13.1. The third-order valence-electron chi connectivity index (χ3n) is 5.36. The van der Waals surface area contributed by atoms with Crippen LogP contribution in [0.2, 0.25) is 0 Å². The van der Waals surface area contributed by atoms with E-state index in [9.17, 15) is 18.0 Å². The van der Waals surface area contributed by atoms with E-state index in [2.05, 4.69) is 5.32 Å². The number of hydrogen-bond donors (Lipinski definition) is 1. The van der Waals surface area contributed by atoms with E-state index in [1.165, 1.54) is 0 Å². The summed E-state index contributed by atoms with van der Waals surface area (Å²) in [6.45, 7) is 6.70. The van der Waals surface area contributed by atoms with Crippen LogP contribution in [0.3, 0.4) is 0 Å². The van der Waals surface area contributed by atoms with Gasteiger partial charge in [-0.15, -0.1) is 0 Å². The van der Waals surface area contributed by atoms with Gasteiger partial charge in [0.05, 0.1) is 23.2 Å². The topological polar surface area (TPSA) is 86.8 Å². The summed E-state index contributed by atoms with van der Waals surface area (Å²) in [4.78, 5) is 27.7. The highest BCUT2D eigenvalue weighted by atomic mass is 32.2. The fraction of sp³-hybridized carbons (Fsp3) is 0.391. The molecule has 166 valence electrons. The average Bonchev–Trinajstić information content (AvgIpc) is 3.21. The van der Waals surface area contributed by atoms with Gasteiger partial charge in [-0.3, -0.25) is 13.9 Å². The molecule has 0 spiro atoms. The SMILES string of the molecule is Cc1cc(C)cc(N([C@@H](C)C(=O)Nc2ccccc2C(=O)N2CCCC2)S(C)(=O)=O)c1. The predicted octanol–water partition coefficient (Wildman–Crippen LogP) is 3.33. The molecule has 2 aromatic rings. The third-order valence-corrected chi connectivity index (χ3v) is 6.60. The van der Waals surface area contributed by atoms with Crippen LogP contribution >= 0.6 is 0 Å². The number of anilines is 2. The second-order valence-electron chi connectivity index (χ2n) is 8.11. The van der Waals surface area contributed by atoms with Crippen molar-refractivity contribution in [2.24, 2.45) is 0 Å². The minimum atomic E-state index is -3.73. The fourth-order valence-corrected chi connectivity index (χ4v) is 5.15. The molecular weight excluding hydrogens is 414 g/mol. The quantitative estimate of drug-likeness (QED) is 0.742. The zero-order chi connectivity index (χ0) is 22.8. The molecular formula is C23H29N3O4S. The summed E-state index contributed by atoms with van der Waals surface area (Å²) in [5.74, 6) is -0.637. The number of likely N-dealkylation sites (tertiary alicyclic amines) is 1. The van der Waals surface area contributed by atoms with Crippen molar-refractivity contribution >= 4 is 33.2 Å². The van der Waals surface area contributed by atoms with Crippen LogP contribution in [0.1, 0.15) is 41.3 Å². The Bertz CT molecular complexity index is 1070. The lowest BCUT2D eigenvalue weighted by molar-refractivity contribution is -0.116. The summed E-state index contributed by atoms with van der Waals surface area (Å²) in [7, 11) is -3.73. The number of rotatable bonds is 6. The van der Waals surface area contributed by atoms with Crippen molar-refractivity contribution in [2.75, 3.05) is 29.0 Å². The normalized spacial score (nSPS) is 14.9. The molecule has 0 aromatic heterocycles. The minimum Gasteiger partial charge on any atom is -0.339 e. The molecule has 0 radical (unpaired) electrons. The molecule has 3 rings (SSSR count). The molecule has 1 heterocycles. The van der Waals surface area contributed by atoms with E-state index < -0.39 is 22.0 Å². The summed E-state index contributed by atoms with van der Waals surface area (Å²) in [5.41, 5.74) is 3.02. The monoisotopic (exact) mass is 443 g/mol. The Kier molecular flexibility index (Phi) is 6.69. The number of sulfonamides is 1.